The van der Waals surface area contributed by atoms with Crippen LogP contribution in [0, 0.1) is 0 Å². The summed E-state index contributed by atoms with van der Waals surface area (Å²) in [5, 5.41) is 4.62. The summed E-state index contributed by atoms with van der Waals surface area (Å²) in [6, 6.07) is 58.5. The van der Waals surface area contributed by atoms with Crippen LogP contribution in [0.25, 0.3) is 94.7 Å². The van der Waals surface area contributed by atoms with Crippen LogP contribution in [0.3, 0.4) is 0 Å². The molecule has 5 nitrogen and oxygen atoms in total. The minimum absolute atomic E-state index is 0.632. The molecule has 5 heteroatoms. The van der Waals surface area contributed by atoms with Gasteiger partial charge in [0.2, 0.25) is 0 Å². The predicted molar refractivity (Wildman–Crippen MR) is 203 cm³/mol. The lowest BCUT2D eigenvalue weighted by atomic mass is 9.98. The fourth-order valence-corrected chi connectivity index (χ4v) is 7.17. The number of para-hydroxylation sites is 3. The molecule has 0 aliphatic heterocycles. The van der Waals surface area contributed by atoms with Gasteiger partial charge in [0.05, 0.1) is 16.7 Å². The molecule has 3 aromatic heterocycles. The summed E-state index contributed by atoms with van der Waals surface area (Å²) in [4.78, 5) is 14.7. The number of hydrogen-bond acceptors (Lipinski definition) is 4. The zero-order chi connectivity index (χ0) is 33.0. The van der Waals surface area contributed by atoms with Gasteiger partial charge in [-0.05, 0) is 35.4 Å². The van der Waals surface area contributed by atoms with Crippen LogP contribution in [0.15, 0.2) is 174 Å². The molecule has 0 N–H and O–H groups in total. The Kier molecular flexibility index (Phi) is 6.42. The third-order valence-corrected chi connectivity index (χ3v) is 9.48. The van der Waals surface area contributed by atoms with Crippen LogP contribution in [0.2, 0.25) is 0 Å². The average Bonchev–Trinajstić information content (AvgIpc) is 3.75. The molecule has 234 valence electrons. The highest BCUT2D eigenvalue weighted by atomic mass is 16.3. The van der Waals surface area contributed by atoms with Gasteiger partial charge in [-0.2, -0.15) is 0 Å². The molecule has 50 heavy (non-hydrogen) atoms. The highest BCUT2D eigenvalue weighted by Gasteiger charge is 2.19. The molecule has 0 radical (unpaired) electrons. The van der Waals surface area contributed by atoms with Crippen molar-refractivity contribution in [2.75, 3.05) is 0 Å². The molecule has 0 aliphatic rings. The molecule has 10 aromatic rings. The zero-order valence-electron chi connectivity index (χ0n) is 26.9. The molecule has 0 bridgehead atoms. The maximum atomic E-state index is 6.72. The molecule has 10 rings (SSSR count). The van der Waals surface area contributed by atoms with E-state index in [-0.39, 0.29) is 0 Å². The van der Waals surface area contributed by atoms with E-state index in [9.17, 15) is 0 Å². The highest BCUT2D eigenvalue weighted by molar-refractivity contribution is 6.16. The van der Waals surface area contributed by atoms with Gasteiger partial charge in [-0.1, -0.05) is 146 Å². The first-order valence-corrected chi connectivity index (χ1v) is 16.7. The number of rotatable bonds is 5. The smallest absolute Gasteiger partial charge is 0.164 e. The molecule has 0 atom stereocenters. The number of nitrogens with zero attached hydrogens (tertiary/aromatic N) is 4. The number of hydrogen-bond donors (Lipinski definition) is 0. The SMILES string of the molecule is c1ccc(-c2nc(-c3ccccc3)nc(-c3ccc(-c4cccc5oc6c(-n7c8ccccc8c8ccccc87)cccc6c45)cc3)n2)cc1. The molecule has 0 saturated heterocycles. The molecule has 0 aliphatic carbocycles. The van der Waals surface area contributed by atoms with E-state index in [4.69, 9.17) is 19.4 Å². The summed E-state index contributed by atoms with van der Waals surface area (Å²) >= 11 is 0. The molecule has 3 heterocycles. The van der Waals surface area contributed by atoms with Gasteiger partial charge in [-0.15, -0.1) is 0 Å². The molecule has 0 spiro atoms. The summed E-state index contributed by atoms with van der Waals surface area (Å²) < 4.78 is 9.05. The molecule has 0 saturated carbocycles. The largest absolute Gasteiger partial charge is 0.454 e. The van der Waals surface area contributed by atoms with Gasteiger partial charge in [0.25, 0.3) is 0 Å². The fourth-order valence-electron chi connectivity index (χ4n) is 7.17. The van der Waals surface area contributed by atoms with Crippen molar-refractivity contribution in [3.05, 3.63) is 170 Å². The normalized spacial score (nSPS) is 11.6. The van der Waals surface area contributed by atoms with E-state index in [0.29, 0.717) is 17.5 Å². The monoisotopic (exact) mass is 640 g/mol. The van der Waals surface area contributed by atoms with E-state index < -0.39 is 0 Å². The van der Waals surface area contributed by atoms with E-state index in [2.05, 4.69) is 114 Å². The summed E-state index contributed by atoms with van der Waals surface area (Å²) in [6.45, 7) is 0. The predicted octanol–water partition coefficient (Wildman–Crippen LogP) is 11.5. The van der Waals surface area contributed by atoms with Crippen molar-refractivity contribution in [1.82, 2.24) is 19.5 Å². The molecule has 7 aromatic carbocycles. The first kappa shape index (κ1) is 28.2. The first-order valence-electron chi connectivity index (χ1n) is 16.7. The van der Waals surface area contributed by atoms with Gasteiger partial charge in [0.1, 0.15) is 5.58 Å². The van der Waals surface area contributed by atoms with Crippen LogP contribution < -0.4 is 0 Å². The van der Waals surface area contributed by atoms with Crippen LogP contribution in [-0.4, -0.2) is 19.5 Å². The minimum Gasteiger partial charge on any atom is -0.454 e. The highest BCUT2D eigenvalue weighted by Crippen LogP contribution is 2.41. The van der Waals surface area contributed by atoms with Gasteiger partial charge in [0.15, 0.2) is 23.1 Å². The van der Waals surface area contributed by atoms with Crippen LogP contribution in [-0.2, 0) is 0 Å². The number of aromatic nitrogens is 4. The third kappa shape index (κ3) is 4.52. The Labute approximate surface area is 287 Å². The Balaban J connectivity index is 1.11. The van der Waals surface area contributed by atoms with E-state index in [1.54, 1.807) is 0 Å². The second-order valence-corrected chi connectivity index (χ2v) is 12.4. The summed E-state index contributed by atoms with van der Waals surface area (Å²) in [5.41, 5.74) is 10.1. The van der Waals surface area contributed by atoms with Gasteiger partial charge in [-0.3, -0.25) is 0 Å². The van der Waals surface area contributed by atoms with Crippen molar-refractivity contribution in [1.29, 1.82) is 0 Å². The van der Waals surface area contributed by atoms with Crippen molar-refractivity contribution in [3.8, 4) is 51.0 Å². The average molecular weight is 641 g/mol. The first-order chi connectivity index (χ1) is 24.8. The van der Waals surface area contributed by atoms with Gasteiger partial charge in [0, 0.05) is 38.2 Å². The second kappa shape index (κ2) is 11.4. The van der Waals surface area contributed by atoms with Crippen molar-refractivity contribution >= 4 is 43.7 Å². The summed E-state index contributed by atoms with van der Waals surface area (Å²) in [7, 11) is 0. The van der Waals surface area contributed by atoms with Crippen molar-refractivity contribution in [3.63, 3.8) is 0 Å². The Morgan fingerprint density at radius 1 is 0.380 bits per heavy atom. The maximum absolute atomic E-state index is 6.72. The standard InChI is InChI=1S/C45H28N4O/c1-3-13-30(14-4-1)43-46-44(31-15-5-2-6-16-31)48-45(47-43)32-27-25-29(26-28-32)33-19-12-24-40-41(33)36-20-11-23-39(42(36)50-40)49-37-21-9-7-17-34(37)35-18-8-10-22-38(35)49/h1-28H. The topological polar surface area (TPSA) is 56.7 Å². The Bertz CT molecular complexity index is 2740. The van der Waals surface area contributed by atoms with Crippen LogP contribution in [0.4, 0.5) is 0 Å². The molecule has 0 fully saturated rings. The Hall–Kier alpha value is -6.85. The van der Waals surface area contributed by atoms with Crippen LogP contribution >= 0.6 is 0 Å². The van der Waals surface area contributed by atoms with Crippen molar-refractivity contribution in [2.24, 2.45) is 0 Å². The van der Waals surface area contributed by atoms with Crippen molar-refractivity contribution < 1.29 is 4.42 Å². The zero-order valence-corrected chi connectivity index (χ0v) is 26.9. The molecular weight excluding hydrogens is 613 g/mol. The van der Waals surface area contributed by atoms with E-state index in [0.717, 1.165) is 66.5 Å². The maximum Gasteiger partial charge on any atom is 0.164 e. The third-order valence-electron chi connectivity index (χ3n) is 9.48. The van der Waals surface area contributed by atoms with Crippen molar-refractivity contribution in [2.45, 2.75) is 0 Å². The number of fused-ring (bicyclic) bond motifs is 6. The van der Waals surface area contributed by atoms with E-state index in [1.165, 1.54) is 10.8 Å². The van der Waals surface area contributed by atoms with Crippen LogP contribution in [0.1, 0.15) is 0 Å². The minimum atomic E-state index is 0.632. The van der Waals surface area contributed by atoms with Gasteiger partial charge in [-0.25, -0.2) is 15.0 Å². The molecule has 0 amide bonds. The summed E-state index contributed by atoms with van der Waals surface area (Å²) in [6.07, 6.45) is 0. The Morgan fingerprint density at radius 2 is 0.860 bits per heavy atom. The quantitative estimate of drug-likeness (QED) is 0.188. The number of furan rings is 1. The molecule has 0 unspecified atom stereocenters. The lowest BCUT2D eigenvalue weighted by Gasteiger charge is -2.10. The van der Waals surface area contributed by atoms with Gasteiger partial charge < -0.3 is 8.98 Å². The van der Waals surface area contributed by atoms with Gasteiger partial charge >= 0.3 is 0 Å². The molecular formula is C45H28N4O. The van der Waals surface area contributed by atoms with Crippen LogP contribution in [0.5, 0.6) is 0 Å². The van der Waals surface area contributed by atoms with E-state index >= 15 is 0 Å². The summed E-state index contributed by atoms with van der Waals surface area (Å²) in [5.74, 6) is 1.92. The Morgan fingerprint density at radius 3 is 1.46 bits per heavy atom. The van der Waals surface area contributed by atoms with E-state index in [1.807, 2.05) is 60.7 Å². The lowest BCUT2D eigenvalue weighted by molar-refractivity contribution is 0.666. The number of benzene rings is 7. The lowest BCUT2D eigenvalue weighted by Crippen LogP contribution is -2.00. The fraction of sp³-hybridized carbons (Fsp3) is 0. The second-order valence-electron chi connectivity index (χ2n) is 12.4.